The second-order valence-electron chi connectivity index (χ2n) is 4.91. The van der Waals surface area contributed by atoms with Gasteiger partial charge in [0.2, 0.25) is 0 Å². The van der Waals surface area contributed by atoms with Gasteiger partial charge in [-0.2, -0.15) is 0 Å². The Kier molecular flexibility index (Phi) is 2.04. The van der Waals surface area contributed by atoms with Crippen molar-refractivity contribution in [3.63, 3.8) is 0 Å². The third-order valence-corrected chi connectivity index (χ3v) is 3.63. The Labute approximate surface area is 110 Å². The van der Waals surface area contributed by atoms with Crippen LogP contribution in [0.4, 0.5) is 0 Å². The van der Waals surface area contributed by atoms with Gasteiger partial charge in [-0.3, -0.25) is 5.11 Å². The molecule has 89 valence electrons. The summed E-state index contributed by atoms with van der Waals surface area (Å²) >= 11 is 0. The number of hydrogen-bond acceptors (Lipinski definition) is 0. The highest BCUT2D eigenvalue weighted by Gasteiger charge is 2.02. The molecule has 19 heavy (non-hydrogen) atoms. The maximum absolute atomic E-state index is 11.4. The lowest BCUT2D eigenvalue weighted by Gasteiger charge is -2.05. The fourth-order valence-corrected chi connectivity index (χ4v) is 2.67. The first-order chi connectivity index (χ1) is 9.29. The lowest BCUT2D eigenvalue weighted by Crippen LogP contribution is -1.78. The van der Waals surface area contributed by atoms with Crippen molar-refractivity contribution in [2.45, 2.75) is 0 Å². The van der Waals surface area contributed by atoms with E-state index in [1.165, 1.54) is 21.5 Å². The van der Waals surface area contributed by atoms with E-state index in [0.29, 0.717) is 0 Å². The van der Waals surface area contributed by atoms with Gasteiger partial charge in [-0.05, 0) is 68.7 Å². The average molecular weight is 243 g/mol. The van der Waals surface area contributed by atoms with Crippen molar-refractivity contribution in [3.05, 3.63) is 66.7 Å². The van der Waals surface area contributed by atoms with Crippen LogP contribution in [0.15, 0.2) is 66.7 Å². The Hall–Kier alpha value is -2.54. The molecule has 4 aromatic rings. The SMILES string of the molecule is [O]c1ccc2cc3cc4ccccc4cc3cc2c1. The Morgan fingerprint density at radius 2 is 0.947 bits per heavy atom. The van der Waals surface area contributed by atoms with Gasteiger partial charge in [-0.15, -0.1) is 0 Å². The van der Waals surface area contributed by atoms with Crippen LogP contribution in [0.5, 0.6) is 5.75 Å². The minimum Gasteiger partial charge on any atom is -0.290 e. The maximum Gasteiger partial charge on any atom is 0.179 e. The number of hydrogen-bond donors (Lipinski definition) is 0. The molecule has 0 unspecified atom stereocenters. The fourth-order valence-electron chi connectivity index (χ4n) is 2.67. The molecule has 0 saturated heterocycles. The van der Waals surface area contributed by atoms with E-state index in [9.17, 15) is 5.11 Å². The predicted octanol–water partition coefficient (Wildman–Crippen LogP) is 5.29. The van der Waals surface area contributed by atoms with Gasteiger partial charge in [0.05, 0.1) is 0 Å². The van der Waals surface area contributed by atoms with Crippen molar-refractivity contribution in [2.75, 3.05) is 0 Å². The highest BCUT2D eigenvalue weighted by Crippen LogP contribution is 2.29. The van der Waals surface area contributed by atoms with Gasteiger partial charge in [0.25, 0.3) is 0 Å². The van der Waals surface area contributed by atoms with E-state index in [0.717, 1.165) is 10.8 Å². The lowest BCUT2D eigenvalue weighted by atomic mass is 10.00. The first-order valence-corrected chi connectivity index (χ1v) is 6.33. The lowest BCUT2D eigenvalue weighted by molar-refractivity contribution is 0.355. The largest absolute Gasteiger partial charge is 0.290 e. The number of rotatable bonds is 0. The number of benzene rings is 4. The molecule has 0 aliphatic carbocycles. The molecule has 0 aromatic heterocycles. The molecular formula is C18H11O. The van der Waals surface area contributed by atoms with Gasteiger partial charge in [0.15, 0.2) is 5.75 Å². The smallest absolute Gasteiger partial charge is 0.179 e. The Bertz CT molecular complexity index is 922. The Morgan fingerprint density at radius 3 is 1.58 bits per heavy atom. The van der Waals surface area contributed by atoms with Crippen molar-refractivity contribution in [2.24, 2.45) is 0 Å². The molecule has 0 heterocycles. The quantitative estimate of drug-likeness (QED) is 0.374. The van der Waals surface area contributed by atoms with Crippen LogP contribution in [0.1, 0.15) is 0 Å². The standard InChI is InChI=1S/C18H11O/c19-18-6-5-14-9-15-7-12-3-1-2-4-13(12)8-16(15)10-17(14)11-18/h1-11H. The molecule has 0 aliphatic heterocycles. The molecule has 0 saturated carbocycles. The topological polar surface area (TPSA) is 19.9 Å². The molecule has 0 fully saturated rings. The van der Waals surface area contributed by atoms with Gasteiger partial charge < -0.3 is 0 Å². The van der Waals surface area contributed by atoms with Crippen molar-refractivity contribution >= 4 is 32.3 Å². The van der Waals surface area contributed by atoms with Crippen LogP contribution in [0.25, 0.3) is 32.3 Å². The zero-order valence-electron chi connectivity index (χ0n) is 10.3. The van der Waals surface area contributed by atoms with Gasteiger partial charge in [0, 0.05) is 0 Å². The van der Waals surface area contributed by atoms with Gasteiger partial charge >= 0.3 is 0 Å². The van der Waals surface area contributed by atoms with Gasteiger partial charge in [0.1, 0.15) is 0 Å². The van der Waals surface area contributed by atoms with Crippen molar-refractivity contribution < 1.29 is 5.11 Å². The maximum atomic E-state index is 11.4. The minimum absolute atomic E-state index is 0.0626. The summed E-state index contributed by atoms with van der Waals surface area (Å²) in [6, 6.07) is 22.2. The second-order valence-corrected chi connectivity index (χ2v) is 4.91. The summed E-state index contributed by atoms with van der Waals surface area (Å²) in [4.78, 5) is 0. The molecule has 0 aliphatic rings. The van der Waals surface area contributed by atoms with Crippen LogP contribution in [0, 0.1) is 0 Å². The van der Waals surface area contributed by atoms with E-state index in [-0.39, 0.29) is 5.75 Å². The second kappa shape index (κ2) is 3.72. The molecule has 1 heteroatoms. The molecule has 0 atom stereocenters. The van der Waals surface area contributed by atoms with Crippen LogP contribution < -0.4 is 0 Å². The molecule has 4 aromatic carbocycles. The average Bonchev–Trinajstić information content (AvgIpc) is 2.43. The van der Waals surface area contributed by atoms with E-state index < -0.39 is 0 Å². The van der Waals surface area contributed by atoms with E-state index in [1.807, 2.05) is 12.1 Å². The summed E-state index contributed by atoms with van der Waals surface area (Å²) in [5.74, 6) is 0.0626. The van der Waals surface area contributed by atoms with E-state index >= 15 is 0 Å². The van der Waals surface area contributed by atoms with E-state index in [1.54, 1.807) is 12.1 Å². The summed E-state index contributed by atoms with van der Waals surface area (Å²) in [6.45, 7) is 0. The predicted molar refractivity (Wildman–Crippen MR) is 79.1 cm³/mol. The van der Waals surface area contributed by atoms with E-state index in [4.69, 9.17) is 0 Å². The van der Waals surface area contributed by atoms with Gasteiger partial charge in [-0.25, -0.2) is 0 Å². The number of fused-ring (bicyclic) bond motifs is 3. The fraction of sp³-hybridized carbons (Fsp3) is 0. The van der Waals surface area contributed by atoms with Crippen LogP contribution in [-0.2, 0) is 5.11 Å². The molecule has 4 rings (SSSR count). The Balaban J connectivity index is 2.16. The first-order valence-electron chi connectivity index (χ1n) is 6.33. The molecule has 0 amide bonds. The minimum atomic E-state index is 0.0626. The normalized spacial score (nSPS) is 11.4. The van der Waals surface area contributed by atoms with Crippen molar-refractivity contribution in [1.29, 1.82) is 0 Å². The molecular weight excluding hydrogens is 232 g/mol. The molecule has 1 radical (unpaired) electrons. The highest BCUT2D eigenvalue weighted by atomic mass is 16.3. The van der Waals surface area contributed by atoms with Gasteiger partial charge in [-0.1, -0.05) is 30.3 Å². The molecule has 0 spiro atoms. The first kappa shape index (κ1) is 10.4. The van der Waals surface area contributed by atoms with E-state index in [2.05, 4.69) is 42.5 Å². The van der Waals surface area contributed by atoms with Crippen LogP contribution in [0.2, 0.25) is 0 Å². The third-order valence-electron chi connectivity index (χ3n) is 3.63. The highest BCUT2D eigenvalue weighted by molar-refractivity contribution is 6.04. The monoisotopic (exact) mass is 243 g/mol. The van der Waals surface area contributed by atoms with Crippen molar-refractivity contribution in [1.82, 2.24) is 0 Å². The third kappa shape index (κ3) is 1.63. The molecule has 0 bridgehead atoms. The Morgan fingerprint density at radius 1 is 0.474 bits per heavy atom. The summed E-state index contributed by atoms with van der Waals surface area (Å²) in [6.07, 6.45) is 0. The molecule has 0 N–H and O–H groups in total. The van der Waals surface area contributed by atoms with Crippen LogP contribution in [0.3, 0.4) is 0 Å². The summed E-state index contributed by atoms with van der Waals surface area (Å²) < 4.78 is 0. The summed E-state index contributed by atoms with van der Waals surface area (Å²) in [5.41, 5.74) is 0. The van der Waals surface area contributed by atoms with Crippen molar-refractivity contribution in [3.8, 4) is 5.75 Å². The van der Waals surface area contributed by atoms with Crippen LogP contribution >= 0.6 is 0 Å². The molecule has 1 nitrogen and oxygen atoms in total. The zero-order valence-corrected chi connectivity index (χ0v) is 10.3. The van der Waals surface area contributed by atoms with Crippen LogP contribution in [-0.4, -0.2) is 0 Å². The zero-order chi connectivity index (χ0) is 12.8. The summed E-state index contributed by atoms with van der Waals surface area (Å²) in [5, 5.41) is 18.4. The summed E-state index contributed by atoms with van der Waals surface area (Å²) in [7, 11) is 0.